The molecule has 3 aliphatic rings. The van der Waals surface area contributed by atoms with Gasteiger partial charge in [0.05, 0.1) is 5.56 Å². The molecule has 1 aromatic rings. The van der Waals surface area contributed by atoms with E-state index in [2.05, 4.69) is 0 Å². The van der Waals surface area contributed by atoms with Crippen molar-refractivity contribution < 1.29 is 24.2 Å². The van der Waals surface area contributed by atoms with Gasteiger partial charge in [0.15, 0.2) is 11.5 Å². The first-order valence-electron chi connectivity index (χ1n) is 8.61. The van der Waals surface area contributed by atoms with E-state index in [9.17, 15) is 14.7 Å². The van der Waals surface area contributed by atoms with Crippen LogP contribution in [0, 0.1) is 5.92 Å². The van der Waals surface area contributed by atoms with Crippen molar-refractivity contribution >= 4 is 11.9 Å². The summed E-state index contributed by atoms with van der Waals surface area (Å²) in [5, 5.41) is 9.62. The molecule has 0 radical (unpaired) electrons. The third-order valence-electron chi connectivity index (χ3n) is 5.40. The lowest BCUT2D eigenvalue weighted by atomic mass is 9.84. The summed E-state index contributed by atoms with van der Waals surface area (Å²) in [7, 11) is 0. The van der Waals surface area contributed by atoms with Crippen molar-refractivity contribution in [3.8, 4) is 11.5 Å². The Morgan fingerprint density at radius 2 is 1.92 bits per heavy atom. The number of carboxylic acids is 1. The average molecular weight is 331 g/mol. The van der Waals surface area contributed by atoms with E-state index in [0.29, 0.717) is 42.6 Å². The van der Waals surface area contributed by atoms with Crippen molar-refractivity contribution in [2.24, 2.45) is 5.92 Å². The highest BCUT2D eigenvalue weighted by atomic mass is 16.6. The van der Waals surface area contributed by atoms with Gasteiger partial charge in [-0.3, -0.25) is 4.79 Å². The highest BCUT2D eigenvalue weighted by Crippen LogP contribution is 2.42. The fourth-order valence-electron chi connectivity index (χ4n) is 4.35. The molecule has 6 heteroatoms. The number of carboxylic acid groups (broad SMARTS) is 1. The van der Waals surface area contributed by atoms with Gasteiger partial charge in [-0.05, 0) is 37.3 Å². The van der Waals surface area contributed by atoms with Crippen molar-refractivity contribution in [2.45, 2.75) is 44.2 Å². The van der Waals surface area contributed by atoms with E-state index in [4.69, 9.17) is 9.47 Å². The molecule has 1 N–H and O–H groups in total. The number of hydrogen-bond acceptors (Lipinski definition) is 4. The molecule has 2 fully saturated rings. The Balaban J connectivity index is 1.71. The van der Waals surface area contributed by atoms with Gasteiger partial charge >= 0.3 is 5.97 Å². The molecule has 0 aromatic heterocycles. The molecule has 3 unspecified atom stereocenters. The maximum absolute atomic E-state index is 13.2. The third kappa shape index (κ3) is 2.41. The molecule has 24 heavy (non-hydrogen) atoms. The van der Waals surface area contributed by atoms with Crippen LogP contribution in [0.25, 0.3) is 0 Å². The zero-order valence-electron chi connectivity index (χ0n) is 13.4. The monoisotopic (exact) mass is 331 g/mol. The molecule has 1 aromatic carbocycles. The number of nitrogens with zero attached hydrogens (tertiary/aromatic N) is 1. The fraction of sp³-hybridized carbons (Fsp3) is 0.556. The van der Waals surface area contributed by atoms with Crippen LogP contribution in [0.3, 0.4) is 0 Å². The molecule has 6 nitrogen and oxygen atoms in total. The lowest BCUT2D eigenvalue weighted by molar-refractivity contribution is -0.141. The normalized spacial score (nSPS) is 28.3. The van der Waals surface area contributed by atoms with Crippen molar-refractivity contribution in [2.75, 3.05) is 13.2 Å². The van der Waals surface area contributed by atoms with E-state index in [1.165, 1.54) is 0 Å². The second-order valence-corrected chi connectivity index (χ2v) is 6.74. The molecule has 0 spiro atoms. The third-order valence-corrected chi connectivity index (χ3v) is 5.40. The predicted molar refractivity (Wildman–Crippen MR) is 85.4 cm³/mol. The zero-order chi connectivity index (χ0) is 16.7. The summed E-state index contributed by atoms with van der Waals surface area (Å²) in [5.74, 6) is 0.120. The van der Waals surface area contributed by atoms with E-state index < -0.39 is 12.0 Å². The molecule has 2 aliphatic heterocycles. The second-order valence-electron chi connectivity index (χ2n) is 6.74. The first-order chi connectivity index (χ1) is 11.7. The smallest absolute Gasteiger partial charge is 0.326 e. The molecule has 1 aliphatic carbocycles. The quantitative estimate of drug-likeness (QED) is 0.900. The Kier molecular flexibility index (Phi) is 3.82. The van der Waals surface area contributed by atoms with Crippen LogP contribution in [0.15, 0.2) is 18.2 Å². The van der Waals surface area contributed by atoms with Crippen molar-refractivity contribution in [1.82, 2.24) is 4.90 Å². The summed E-state index contributed by atoms with van der Waals surface area (Å²) in [5.41, 5.74) is 0.407. The fourth-order valence-corrected chi connectivity index (χ4v) is 4.35. The number of ether oxygens (including phenoxy) is 2. The minimum atomic E-state index is -0.917. The van der Waals surface area contributed by atoms with Gasteiger partial charge in [0.25, 0.3) is 5.91 Å². The maximum Gasteiger partial charge on any atom is 0.326 e. The van der Waals surface area contributed by atoms with Gasteiger partial charge in [0, 0.05) is 6.04 Å². The number of rotatable bonds is 2. The number of carbonyl (C=O) groups excluding carboxylic acids is 1. The van der Waals surface area contributed by atoms with Crippen LogP contribution < -0.4 is 9.47 Å². The van der Waals surface area contributed by atoms with Crippen LogP contribution in [0.4, 0.5) is 0 Å². The SMILES string of the molecule is O=C(O)C1CC2CCCCC2N1C(=O)c1cccc2c1OCCO2. The second kappa shape index (κ2) is 6.00. The van der Waals surface area contributed by atoms with E-state index in [1.54, 1.807) is 23.1 Å². The first-order valence-corrected chi connectivity index (χ1v) is 8.61. The van der Waals surface area contributed by atoms with Crippen molar-refractivity contribution in [3.63, 3.8) is 0 Å². The molecular formula is C18H21NO5. The standard InChI is InChI=1S/C18H21NO5/c20-17(12-5-3-7-15-16(12)24-9-8-23-15)19-13-6-2-1-4-11(13)10-14(19)18(21)22/h3,5,7,11,13-14H,1-2,4,6,8-10H2,(H,21,22). The topological polar surface area (TPSA) is 76.1 Å². The summed E-state index contributed by atoms with van der Waals surface area (Å²) >= 11 is 0. The van der Waals surface area contributed by atoms with Crippen LogP contribution in [-0.4, -0.2) is 47.2 Å². The lowest BCUT2D eigenvalue weighted by Crippen LogP contribution is -2.46. The summed E-state index contributed by atoms with van der Waals surface area (Å²) < 4.78 is 11.2. The van der Waals surface area contributed by atoms with Crippen LogP contribution in [0.2, 0.25) is 0 Å². The van der Waals surface area contributed by atoms with Gasteiger partial charge in [-0.15, -0.1) is 0 Å². The van der Waals surface area contributed by atoms with Gasteiger partial charge in [-0.1, -0.05) is 18.9 Å². The highest BCUT2D eigenvalue weighted by Gasteiger charge is 2.48. The molecule has 128 valence electrons. The Hall–Kier alpha value is -2.24. The Labute approximate surface area is 140 Å². The zero-order valence-corrected chi connectivity index (χ0v) is 13.4. The van der Waals surface area contributed by atoms with E-state index >= 15 is 0 Å². The molecule has 0 bridgehead atoms. The van der Waals surface area contributed by atoms with Crippen LogP contribution >= 0.6 is 0 Å². The average Bonchev–Trinajstić information content (AvgIpc) is 3.00. The van der Waals surface area contributed by atoms with Gasteiger partial charge in [0.2, 0.25) is 0 Å². The molecule has 4 rings (SSSR count). The largest absolute Gasteiger partial charge is 0.486 e. The number of benzene rings is 1. The van der Waals surface area contributed by atoms with E-state index in [-0.39, 0.29) is 11.9 Å². The van der Waals surface area contributed by atoms with Crippen LogP contribution in [-0.2, 0) is 4.79 Å². The molecule has 1 saturated carbocycles. The first kappa shape index (κ1) is 15.3. The lowest BCUT2D eigenvalue weighted by Gasteiger charge is -2.33. The highest BCUT2D eigenvalue weighted by molar-refractivity contribution is 6.00. The Morgan fingerprint density at radius 1 is 1.12 bits per heavy atom. The Bertz CT molecular complexity index is 673. The summed E-state index contributed by atoms with van der Waals surface area (Å²) in [6.07, 6.45) is 4.60. The number of amides is 1. The van der Waals surface area contributed by atoms with E-state index in [1.807, 2.05) is 0 Å². The molecule has 3 atom stereocenters. The van der Waals surface area contributed by atoms with Gasteiger partial charge in [-0.25, -0.2) is 4.79 Å². The van der Waals surface area contributed by atoms with Gasteiger partial charge in [0.1, 0.15) is 19.3 Å². The number of hydrogen-bond donors (Lipinski definition) is 1. The Morgan fingerprint density at radius 3 is 2.75 bits per heavy atom. The van der Waals surface area contributed by atoms with Gasteiger partial charge in [-0.2, -0.15) is 0 Å². The molecule has 1 amide bonds. The number of aliphatic carboxylic acids is 1. The predicted octanol–water partition coefficient (Wildman–Crippen LogP) is 2.32. The minimum absolute atomic E-state index is 0.0210. The molecular weight excluding hydrogens is 310 g/mol. The molecule has 2 heterocycles. The number of likely N-dealkylation sites (tertiary alicyclic amines) is 1. The van der Waals surface area contributed by atoms with Crippen molar-refractivity contribution in [3.05, 3.63) is 23.8 Å². The van der Waals surface area contributed by atoms with E-state index in [0.717, 1.165) is 25.7 Å². The summed E-state index contributed by atoms with van der Waals surface area (Å²) in [6, 6.07) is 4.50. The number of fused-ring (bicyclic) bond motifs is 2. The minimum Gasteiger partial charge on any atom is -0.486 e. The number of carbonyl (C=O) groups is 2. The van der Waals surface area contributed by atoms with Gasteiger partial charge < -0.3 is 19.5 Å². The summed E-state index contributed by atoms with van der Waals surface area (Å²) in [4.78, 5) is 26.5. The number of para-hydroxylation sites is 1. The summed E-state index contributed by atoms with van der Waals surface area (Å²) in [6.45, 7) is 0.850. The maximum atomic E-state index is 13.2. The van der Waals surface area contributed by atoms with Crippen molar-refractivity contribution in [1.29, 1.82) is 0 Å². The van der Waals surface area contributed by atoms with Crippen LogP contribution in [0.1, 0.15) is 42.5 Å². The molecule has 1 saturated heterocycles. The van der Waals surface area contributed by atoms with Crippen LogP contribution in [0.5, 0.6) is 11.5 Å².